The highest BCUT2D eigenvalue weighted by Gasteiger charge is 2.10. The van der Waals surface area contributed by atoms with Gasteiger partial charge < -0.3 is 9.88 Å². The third-order valence-corrected chi connectivity index (χ3v) is 3.24. The molecule has 3 rings (SSSR count). The van der Waals surface area contributed by atoms with E-state index in [1.54, 1.807) is 6.33 Å². The van der Waals surface area contributed by atoms with Gasteiger partial charge in [0.15, 0.2) is 17.0 Å². The van der Waals surface area contributed by atoms with E-state index in [-0.39, 0.29) is 5.28 Å². The van der Waals surface area contributed by atoms with Crippen LogP contribution in [0.2, 0.25) is 5.28 Å². The molecule has 5 nitrogen and oxygen atoms in total. The van der Waals surface area contributed by atoms with E-state index in [9.17, 15) is 0 Å². The van der Waals surface area contributed by atoms with Crippen molar-refractivity contribution in [3.8, 4) is 0 Å². The number of nitrogens with zero attached hydrogens (tertiary/aromatic N) is 4. The summed E-state index contributed by atoms with van der Waals surface area (Å²) < 4.78 is 1.82. The summed E-state index contributed by atoms with van der Waals surface area (Å²) in [5.74, 6) is 0.655. The van der Waals surface area contributed by atoms with Gasteiger partial charge in [0.1, 0.15) is 0 Å². The minimum Gasteiger partial charge on any atom is -0.364 e. The first-order chi connectivity index (χ1) is 9.63. The number of nitrogens with one attached hydrogen (secondary N) is 1. The fourth-order valence-electron chi connectivity index (χ4n) is 2.11. The monoisotopic (exact) mass is 287 g/mol. The number of imidazole rings is 1. The molecule has 102 valence electrons. The molecule has 0 aliphatic heterocycles. The molecule has 0 atom stereocenters. The van der Waals surface area contributed by atoms with Crippen LogP contribution >= 0.6 is 11.6 Å². The van der Waals surface area contributed by atoms with Gasteiger partial charge in [0, 0.05) is 13.6 Å². The van der Waals surface area contributed by atoms with Gasteiger partial charge in [-0.3, -0.25) is 0 Å². The van der Waals surface area contributed by atoms with Crippen LogP contribution in [0.4, 0.5) is 5.82 Å². The number of hydrogen-bond acceptors (Lipinski definition) is 4. The van der Waals surface area contributed by atoms with Crippen molar-refractivity contribution in [3.63, 3.8) is 0 Å². The Hall–Kier alpha value is -2.14. The number of benzene rings is 1. The van der Waals surface area contributed by atoms with E-state index < -0.39 is 0 Å². The molecule has 0 aliphatic rings. The van der Waals surface area contributed by atoms with E-state index >= 15 is 0 Å². The quantitative estimate of drug-likeness (QED) is 0.753. The van der Waals surface area contributed by atoms with E-state index in [0.29, 0.717) is 12.4 Å². The van der Waals surface area contributed by atoms with Crippen LogP contribution in [0.5, 0.6) is 0 Å². The summed E-state index contributed by atoms with van der Waals surface area (Å²) >= 11 is 5.96. The summed E-state index contributed by atoms with van der Waals surface area (Å²) in [7, 11) is 1.88. The van der Waals surface area contributed by atoms with Crippen molar-refractivity contribution in [2.45, 2.75) is 13.5 Å². The normalized spacial score (nSPS) is 10.9. The number of rotatable bonds is 3. The highest BCUT2D eigenvalue weighted by atomic mass is 35.5. The number of fused-ring (bicyclic) bond motifs is 1. The molecule has 2 heterocycles. The van der Waals surface area contributed by atoms with Gasteiger partial charge in [-0.25, -0.2) is 4.98 Å². The first-order valence-corrected chi connectivity index (χ1v) is 6.65. The van der Waals surface area contributed by atoms with Crippen molar-refractivity contribution in [1.29, 1.82) is 0 Å². The number of anilines is 1. The second kappa shape index (κ2) is 5.09. The van der Waals surface area contributed by atoms with Crippen LogP contribution < -0.4 is 5.32 Å². The van der Waals surface area contributed by atoms with Crippen molar-refractivity contribution >= 4 is 28.6 Å². The second-order valence-corrected chi connectivity index (χ2v) is 5.05. The van der Waals surface area contributed by atoms with Crippen LogP contribution in [0.1, 0.15) is 11.1 Å². The standard InChI is InChI=1S/C14H14ClN5/c1-9-4-3-5-10(6-9)7-16-12-11-13(19-14(15)18-12)20(2)8-17-11/h3-6,8H,7H2,1-2H3,(H,16,18,19). The minimum absolute atomic E-state index is 0.216. The first-order valence-electron chi connectivity index (χ1n) is 6.27. The molecule has 0 fully saturated rings. The van der Waals surface area contributed by atoms with Gasteiger partial charge in [0.2, 0.25) is 5.28 Å². The predicted molar refractivity (Wildman–Crippen MR) is 79.8 cm³/mol. The molecule has 3 aromatic rings. The maximum atomic E-state index is 5.96. The molecular weight excluding hydrogens is 274 g/mol. The zero-order valence-corrected chi connectivity index (χ0v) is 12.0. The molecule has 20 heavy (non-hydrogen) atoms. The average molecular weight is 288 g/mol. The van der Waals surface area contributed by atoms with Gasteiger partial charge in [-0.2, -0.15) is 9.97 Å². The summed E-state index contributed by atoms with van der Waals surface area (Å²) in [6.45, 7) is 2.74. The molecule has 0 spiro atoms. The van der Waals surface area contributed by atoms with Gasteiger partial charge in [0.05, 0.1) is 6.33 Å². The molecule has 0 saturated carbocycles. The lowest BCUT2D eigenvalue weighted by Crippen LogP contribution is -2.04. The molecule has 1 N–H and O–H groups in total. The minimum atomic E-state index is 0.216. The second-order valence-electron chi connectivity index (χ2n) is 4.71. The molecular formula is C14H14ClN5. The Morgan fingerprint density at radius 1 is 1.30 bits per heavy atom. The van der Waals surface area contributed by atoms with Gasteiger partial charge in [-0.15, -0.1) is 0 Å². The van der Waals surface area contributed by atoms with Gasteiger partial charge in [0.25, 0.3) is 0 Å². The molecule has 6 heteroatoms. The molecule has 0 bridgehead atoms. The Kier molecular flexibility index (Phi) is 3.28. The summed E-state index contributed by atoms with van der Waals surface area (Å²) in [5.41, 5.74) is 3.86. The zero-order chi connectivity index (χ0) is 14.1. The number of aryl methyl sites for hydroxylation is 2. The van der Waals surface area contributed by atoms with Gasteiger partial charge in [-0.05, 0) is 24.1 Å². The van der Waals surface area contributed by atoms with Crippen molar-refractivity contribution in [3.05, 3.63) is 47.0 Å². The lowest BCUT2D eigenvalue weighted by atomic mass is 10.1. The molecule has 1 aromatic carbocycles. The highest BCUT2D eigenvalue weighted by Crippen LogP contribution is 2.20. The van der Waals surface area contributed by atoms with Crippen LogP contribution in [0.15, 0.2) is 30.6 Å². The van der Waals surface area contributed by atoms with Crippen molar-refractivity contribution in [1.82, 2.24) is 19.5 Å². The summed E-state index contributed by atoms with van der Waals surface area (Å²) in [4.78, 5) is 12.7. The molecule has 2 aromatic heterocycles. The predicted octanol–water partition coefficient (Wildman–Crippen LogP) is 2.94. The van der Waals surface area contributed by atoms with Crippen LogP contribution in [-0.2, 0) is 13.6 Å². The number of aromatic nitrogens is 4. The molecule has 0 unspecified atom stereocenters. The largest absolute Gasteiger partial charge is 0.364 e. The van der Waals surface area contributed by atoms with Gasteiger partial charge >= 0.3 is 0 Å². The van der Waals surface area contributed by atoms with Crippen molar-refractivity contribution in [2.24, 2.45) is 7.05 Å². The SMILES string of the molecule is Cc1cccc(CNc2nc(Cl)nc3c2ncn3C)c1. The van der Waals surface area contributed by atoms with Crippen LogP contribution in [0.3, 0.4) is 0 Å². The Morgan fingerprint density at radius 3 is 2.95 bits per heavy atom. The zero-order valence-electron chi connectivity index (χ0n) is 11.3. The third-order valence-electron chi connectivity index (χ3n) is 3.07. The fraction of sp³-hybridized carbons (Fsp3) is 0.214. The van der Waals surface area contributed by atoms with E-state index in [4.69, 9.17) is 11.6 Å². The van der Waals surface area contributed by atoms with Crippen molar-refractivity contribution in [2.75, 3.05) is 5.32 Å². The third kappa shape index (κ3) is 2.44. The Morgan fingerprint density at radius 2 is 2.15 bits per heavy atom. The van der Waals surface area contributed by atoms with Crippen LogP contribution in [0, 0.1) is 6.92 Å². The summed E-state index contributed by atoms with van der Waals surface area (Å²) in [6.07, 6.45) is 1.70. The smallest absolute Gasteiger partial charge is 0.226 e. The Balaban J connectivity index is 1.91. The van der Waals surface area contributed by atoms with Crippen LogP contribution in [-0.4, -0.2) is 19.5 Å². The first kappa shape index (κ1) is 12.9. The molecule has 0 amide bonds. The number of hydrogen-bond donors (Lipinski definition) is 1. The van der Waals surface area contributed by atoms with E-state index in [1.165, 1.54) is 11.1 Å². The topological polar surface area (TPSA) is 55.6 Å². The van der Waals surface area contributed by atoms with Crippen LogP contribution in [0.25, 0.3) is 11.2 Å². The fourth-order valence-corrected chi connectivity index (χ4v) is 2.28. The van der Waals surface area contributed by atoms with E-state index in [1.807, 2.05) is 17.7 Å². The maximum absolute atomic E-state index is 5.96. The molecule has 0 saturated heterocycles. The van der Waals surface area contributed by atoms with Crippen molar-refractivity contribution < 1.29 is 0 Å². The lowest BCUT2D eigenvalue weighted by Gasteiger charge is -2.07. The lowest BCUT2D eigenvalue weighted by molar-refractivity contribution is 0.928. The summed E-state index contributed by atoms with van der Waals surface area (Å²) in [5, 5.41) is 3.49. The summed E-state index contributed by atoms with van der Waals surface area (Å²) in [6, 6.07) is 8.31. The number of halogens is 1. The van der Waals surface area contributed by atoms with Gasteiger partial charge in [-0.1, -0.05) is 29.8 Å². The van der Waals surface area contributed by atoms with E-state index in [2.05, 4.69) is 45.4 Å². The Labute approximate surface area is 121 Å². The maximum Gasteiger partial charge on any atom is 0.226 e. The highest BCUT2D eigenvalue weighted by molar-refractivity contribution is 6.28. The molecule has 0 radical (unpaired) electrons. The Bertz CT molecular complexity index is 765. The van der Waals surface area contributed by atoms with E-state index in [0.717, 1.165) is 11.2 Å². The average Bonchev–Trinajstić information content (AvgIpc) is 2.78. The molecule has 0 aliphatic carbocycles.